The predicted molar refractivity (Wildman–Crippen MR) is 105 cm³/mol. The van der Waals surface area contributed by atoms with Gasteiger partial charge in [-0.15, -0.1) is 0 Å². The van der Waals surface area contributed by atoms with Crippen LogP contribution in [0.5, 0.6) is 0 Å². The van der Waals surface area contributed by atoms with Gasteiger partial charge in [-0.3, -0.25) is 0 Å². The van der Waals surface area contributed by atoms with Crippen LogP contribution in [0.25, 0.3) is 0 Å². The molecule has 0 aromatic heterocycles. The van der Waals surface area contributed by atoms with E-state index in [4.69, 9.17) is 4.74 Å². The van der Waals surface area contributed by atoms with E-state index in [1.54, 1.807) is 21.5 Å². The van der Waals surface area contributed by atoms with Crippen molar-refractivity contribution >= 4 is 0 Å². The van der Waals surface area contributed by atoms with Crippen LogP contribution in [0, 0.1) is 35.5 Å². The van der Waals surface area contributed by atoms with Crippen molar-refractivity contribution < 1.29 is 47.1 Å². The second-order valence-corrected chi connectivity index (χ2v) is 16.6. The van der Waals surface area contributed by atoms with Gasteiger partial charge in [0.1, 0.15) is 0 Å². The fourth-order valence-corrected chi connectivity index (χ4v) is 12.4. The van der Waals surface area contributed by atoms with Gasteiger partial charge in [0.05, 0.1) is 0 Å². The minimum atomic E-state index is 0.198. The maximum absolute atomic E-state index is 6.39. The molecule has 6 aliphatic heterocycles. The van der Waals surface area contributed by atoms with Gasteiger partial charge in [0.25, 0.3) is 0 Å². The maximum atomic E-state index is 6.39. The topological polar surface area (TPSA) is 45.3 Å². The Morgan fingerprint density at radius 1 is 0.966 bits per heavy atom. The van der Waals surface area contributed by atoms with E-state index >= 15 is 0 Å². The molecule has 7 rings (SSSR count). The van der Waals surface area contributed by atoms with Crippen LogP contribution in [-0.2, 0) is 4.74 Å². The summed E-state index contributed by atoms with van der Waals surface area (Å²) in [6.45, 7) is 5.96. The third-order valence-corrected chi connectivity index (χ3v) is 13.9. The predicted octanol–water partition coefficient (Wildman–Crippen LogP) is -3.80. The second kappa shape index (κ2) is 6.65. The van der Waals surface area contributed by atoms with Crippen LogP contribution in [0.3, 0.4) is 0 Å². The molecule has 162 valence electrons. The van der Waals surface area contributed by atoms with E-state index in [1.807, 2.05) is 3.58 Å². The molecule has 5 unspecified atom stereocenters. The van der Waals surface area contributed by atoms with Crippen LogP contribution < -0.4 is 58.4 Å². The Hall–Kier alpha value is 0.300. The number of hydrogen-bond acceptors (Lipinski definition) is 4. The van der Waals surface area contributed by atoms with Gasteiger partial charge in [-0.05, 0) is 0 Å². The van der Waals surface area contributed by atoms with E-state index in [-0.39, 0.29) is 11.8 Å². The summed E-state index contributed by atoms with van der Waals surface area (Å²) in [6.07, 6.45) is 5.63. The first-order valence-electron chi connectivity index (χ1n) is 11.7. The molecule has 1 aliphatic carbocycles. The average Bonchev–Trinajstić information content (AvgIpc) is 3.37. The van der Waals surface area contributed by atoms with E-state index in [2.05, 4.69) is 29.8 Å². The van der Waals surface area contributed by atoms with Gasteiger partial charge < -0.3 is 0 Å². The molecule has 0 bridgehead atoms. The van der Waals surface area contributed by atoms with Crippen LogP contribution in [0.1, 0.15) is 39.5 Å². The minimum absolute atomic E-state index is 0.198. The van der Waals surface area contributed by atoms with E-state index < -0.39 is 0 Å². The fraction of sp³-hybridized carbons (Fsp3) is 0.826. The fourth-order valence-electron chi connectivity index (χ4n) is 7.80. The molecule has 0 radical (unpaired) electrons. The first-order chi connectivity index (χ1) is 14.1. The van der Waals surface area contributed by atoms with Crippen molar-refractivity contribution in [3.8, 4) is 0 Å². The third kappa shape index (κ3) is 2.69. The van der Waals surface area contributed by atoms with Crippen LogP contribution in [-0.4, -0.2) is 37.7 Å². The molecule has 6 saturated heterocycles. The SMILES string of the molecule is CC1(C)N/C(=C2/C[I-]2)C2C3C(=C4N[C@H]5OCCCC[C@H]5C4[C@H]21)NC1C[I-]CCC13. The van der Waals surface area contributed by atoms with Crippen LogP contribution >= 0.6 is 0 Å². The van der Waals surface area contributed by atoms with Gasteiger partial charge >= 0.3 is 197 Å². The van der Waals surface area contributed by atoms with Gasteiger partial charge in [-0.1, -0.05) is 0 Å². The molecule has 6 heterocycles. The zero-order chi connectivity index (χ0) is 19.3. The number of ether oxygens (including phenoxy) is 1. The van der Waals surface area contributed by atoms with Crippen molar-refractivity contribution in [2.75, 3.05) is 19.9 Å². The van der Waals surface area contributed by atoms with E-state index in [9.17, 15) is 0 Å². The summed E-state index contributed by atoms with van der Waals surface area (Å²) in [6, 6.07) is 0.764. The molecule has 6 heteroatoms. The van der Waals surface area contributed by atoms with Crippen molar-refractivity contribution in [1.82, 2.24) is 16.0 Å². The molecule has 7 aliphatic rings. The number of allylic oxidation sites excluding steroid dienone is 4. The molecule has 3 N–H and O–H groups in total. The summed E-state index contributed by atoms with van der Waals surface area (Å²) in [5.41, 5.74) is 5.16. The molecule has 4 nitrogen and oxygen atoms in total. The molecule has 0 saturated carbocycles. The van der Waals surface area contributed by atoms with Crippen molar-refractivity contribution in [2.45, 2.75) is 57.3 Å². The summed E-state index contributed by atoms with van der Waals surface area (Å²) in [5, 5.41) is 12.3. The third-order valence-electron chi connectivity index (χ3n) is 8.85. The van der Waals surface area contributed by atoms with Crippen molar-refractivity contribution in [3.05, 3.63) is 20.7 Å². The summed E-state index contributed by atoms with van der Waals surface area (Å²) in [4.78, 5) is 0. The summed E-state index contributed by atoms with van der Waals surface area (Å²) < 4.78 is 12.7. The van der Waals surface area contributed by atoms with Gasteiger partial charge in [0, 0.05) is 0 Å². The molecule has 0 spiro atoms. The molecule has 6 fully saturated rings. The normalized spacial score (nSPS) is 52.1. The Morgan fingerprint density at radius 2 is 1.83 bits per heavy atom. The Bertz CT molecular complexity index is 802. The van der Waals surface area contributed by atoms with Gasteiger partial charge in [-0.2, -0.15) is 0 Å². The van der Waals surface area contributed by atoms with E-state index in [1.165, 1.54) is 34.5 Å². The Kier molecular flexibility index (Phi) is 4.32. The number of alkyl halides is 3. The second-order valence-electron chi connectivity index (χ2n) is 10.7. The quantitative estimate of drug-likeness (QED) is 0.192. The summed E-state index contributed by atoms with van der Waals surface area (Å²) in [7, 11) is 0. The Morgan fingerprint density at radius 3 is 2.69 bits per heavy atom. The number of rotatable bonds is 0. The van der Waals surface area contributed by atoms with Gasteiger partial charge in [-0.25, -0.2) is 0 Å². The molecule has 0 amide bonds. The zero-order valence-corrected chi connectivity index (χ0v) is 21.8. The Balaban J connectivity index is 1.41. The Labute approximate surface area is 195 Å². The van der Waals surface area contributed by atoms with Gasteiger partial charge in [0.15, 0.2) is 0 Å². The van der Waals surface area contributed by atoms with Crippen LogP contribution in [0.2, 0.25) is 0 Å². The van der Waals surface area contributed by atoms with Crippen LogP contribution in [0.15, 0.2) is 20.7 Å². The standard InChI is InChI=1S/C23H33I2N3O/c1-23(2)18-16-12-5-3-4-8-29-22(12)27-21(16)20-15(11-6-7-24-10-14(11)26-20)17(18)19(28-23)13-9-25-13/h11-12,14-18,22,26-28H,3-10H2,1-2H3/q-2/b19-13-/t11?,12-,14?,15?,16?,17?,18+,22-/m0/s1. The van der Waals surface area contributed by atoms with E-state index in [0.29, 0.717) is 54.2 Å². The molecule has 8 atom stereocenters. The zero-order valence-electron chi connectivity index (χ0n) is 17.4. The van der Waals surface area contributed by atoms with Gasteiger partial charge in [0.2, 0.25) is 0 Å². The number of nitrogens with one attached hydrogen (secondary N) is 3. The first-order valence-corrected chi connectivity index (χ1v) is 17.3. The average molecular weight is 621 g/mol. The molecular formula is C23H33I2N3O-2. The number of hydrogen-bond donors (Lipinski definition) is 3. The van der Waals surface area contributed by atoms with Crippen molar-refractivity contribution in [3.63, 3.8) is 0 Å². The van der Waals surface area contributed by atoms with Crippen LogP contribution in [0.4, 0.5) is 0 Å². The molecule has 0 aromatic carbocycles. The molecule has 0 aromatic rings. The van der Waals surface area contributed by atoms with Crippen molar-refractivity contribution in [1.29, 1.82) is 0 Å². The first kappa shape index (κ1) is 18.8. The summed E-state index contributed by atoms with van der Waals surface area (Å²) >= 11 is 0.777. The monoisotopic (exact) mass is 621 g/mol. The van der Waals surface area contributed by atoms with Crippen molar-refractivity contribution in [2.24, 2.45) is 35.5 Å². The number of halogens is 2. The summed E-state index contributed by atoms with van der Waals surface area (Å²) in [5.74, 6) is 4.37. The molecule has 29 heavy (non-hydrogen) atoms. The molecular weight excluding hydrogens is 588 g/mol. The number of fused-ring (bicyclic) bond motifs is 9. The van der Waals surface area contributed by atoms with E-state index in [0.717, 1.165) is 36.3 Å².